The first kappa shape index (κ1) is 23.3. The first-order chi connectivity index (χ1) is 11.8. The molecular formula is C18H37IN4OS. The Hall–Kier alpha value is 0.270. The van der Waals surface area contributed by atoms with Gasteiger partial charge in [-0.05, 0) is 57.0 Å². The maximum Gasteiger partial charge on any atom is 0.191 e. The molecule has 5 nitrogen and oxygen atoms in total. The second-order valence-corrected chi connectivity index (χ2v) is 7.89. The van der Waals surface area contributed by atoms with Crippen LogP contribution in [0.5, 0.6) is 0 Å². The number of piperidine rings is 1. The van der Waals surface area contributed by atoms with Crippen LogP contribution in [0.2, 0.25) is 0 Å². The highest BCUT2D eigenvalue weighted by Crippen LogP contribution is 2.17. The third-order valence-corrected chi connectivity index (χ3v) is 5.54. The van der Waals surface area contributed by atoms with Crippen molar-refractivity contribution in [1.82, 2.24) is 15.5 Å². The van der Waals surface area contributed by atoms with Gasteiger partial charge in [0.05, 0.1) is 6.61 Å². The molecule has 0 aromatic carbocycles. The van der Waals surface area contributed by atoms with E-state index < -0.39 is 0 Å². The summed E-state index contributed by atoms with van der Waals surface area (Å²) >= 11 is 1.92. The molecule has 2 aliphatic rings. The van der Waals surface area contributed by atoms with Crippen LogP contribution in [0.25, 0.3) is 0 Å². The number of ether oxygens (including phenoxy) is 1. The maximum atomic E-state index is 5.50. The number of nitrogens with one attached hydrogen (secondary N) is 2. The number of aliphatic imine (C=N–C) groups is 1. The normalized spacial score (nSPS) is 22.6. The average molecular weight is 484 g/mol. The second kappa shape index (κ2) is 14.3. The van der Waals surface area contributed by atoms with Gasteiger partial charge in [0.25, 0.3) is 0 Å². The lowest BCUT2D eigenvalue weighted by molar-refractivity contribution is 0.150. The number of guanidine groups is 1. The fourth-order valence-electron chi connectivity index (χ4n) is 3.41. The van der Waals surface area contributed by atoms with Crippen molar-refractivity contribution in [3.8, 4) is 0 Å². The summed E-state index contributed by atoms with van der Waals surface area (Å²) in [6.45, 7) is 9.53. The van der Waals surface area contributed by atoms with Gasteiger partial charge in [0, 0.05) is 45.4 Å². The summed E-state index contributed by atoms with van der Waals surface area (Å²) in [6.07, 6.45) is 8.27. The summed E-state index contributed by atoms with van der Waals surface area (Å²) in [5.74, 6) is 3.00. The van der Waals surface area contributed by atoms with Crippen molar-refractivity contribution < 1.29 is 4.74 Å². The van der Waals surface area contributed by atoms with Crippen molar-refractivity contribution in [2.45, 2.75) is 45.1 Å². The van der Waals surface area contributed by atoms with Crippen LogP contribution in [0.3, 0.4) is 0 Å². The number of thioether (sulfide) groups is 1. The molecular weight excluding hydrogens is 447 g/mol. The van der Waals surface area contributed by atoms with Crippen LogP contribution in [0.15, 0.2) is 4.99 Å². The zero-order valence-electron chi connectivity index (χ0n) is 16.0. The fourth-order valence-corrected chi connectivity index (χ4v) is 3.91. The standard InChI is InChI=1S/C18H36N4OS.HI/c1-3-19-18(20-9-4-5-13-24-2)21-17-6-10-22(11-7-17)14-16-8-12-23-15-16;/h16-17H,3-15H2,1-2H3,(H2,19,20,21);1H. The largest absolute Gasteiger partial charge is 0.381 e. The zero-order chi connectivity index (χ0) is 17.0. The summed E-state index contributed by atoms with van der Waals surface area (Å²) in [7, 11) is 0. The van der Waals surface area contributed by atoms with Gasteiger partial charge >= 0.3 is 0 Å². The van der Waals surface area contributed by atoms with Gasteiger partial charge in [0.1, 0.15) is 0 Å². The third-order valence-electron chi connectivity index (χ3n) is 4.84. The molecule has 0 aliphatic carbocycles. The van der Waals surface area contributed by atoms with Gasteiger partial charge in [0.2, 0.25) is 0 Å². The molecule has 2 aliphatic heterocycles. The van der Waals surface area contributed by atoms with E-state index in [1.54, 1.807) is 0 Å². The molecule has 2 saturated heterocycles. The van der Waals surface area contributed by atoms with E-state index in [-0.39, 0.29) is 24.0 Å². The van der Waals surface area contributed by atoms with Crippen LogP contribution >= 0.6 is 35.7 Å². The first-order valence-corrected chi connectivity index (χ1v) is 11.0. The molecule has 1 unspecified atom stereocenters. The van der Waals surface area contributed by atoms with Gasteiger partial charge < -0.3 is 20.3 Å². The molecule has 2 N–H and O–H groups in total. The van der Waals surface area contributed by atoms with E-state index in [1.807, 2.05) is 11.8 Å². The van der Waals surface area contributed by atoms with Crippen LogP contribution in [0.1, 0.15) is 39.0 Å². The highest BCUT2D eigenvalue weighted by molar-refractivity contribution is 14.0. The van der Waals surface area contributed by atoms with Crippen molar-refractivity contribution in [2.75, 3.05) is 57.9 Å². The SMILES string of the molecule is CCNC(=NCCCCSC)NC1CCN(CC2CCOC2)CC1.I. The Balaban J connectivity index is 0.00000312. The summed E-state index contributed by atoms with van der Waals surface area (Å²) in [5, 5.41) is 7.04. The molecule has 0 spiro atoms. The van der Waals surface area contributed by atoms with E-state index in [4.69, 9.17) is 9.73 Å². The van der Waals surface area contributed by atoms with Crippen LogP contribution < -0.4 is 10.6 Å². The van der Waals surface area contributed by atoms with E-state index >= 15 is 0 Å². The smallest absolute Gasteiger partial charge is 0.191 e. The minimum Gasteiger partial charge on any atom is -0.381 e. The highest BCUT2D eigenvalue weighted by Gasteiger charge is 2.24. The van der Waals surface area contributed by atoms with Crippen molar-refractivity contribution in [2.24, 2.45) is 10.9 Å². The molecule has 2 heterocycles. The number of rotatable bonds is 9. The maximum absolute atomic E-state index is 5.50. The van der Waals surface area contributed by atoms with E-state index in [0.29, 0.717) is 6.04 Å². The predicted molar refractivity (Wildman–Crippen MR) is 121 cm³/mol. The van der Waals surface area contributed by atoms with Crippen molar-refractivity contribution >= 4 is 41.7 Å². The number of hydrogen-bond acceptors (Lipinski definition) is 4. The van der Waals surface area contributed by atoms with Crippen LogP contribution in [-0.2, 0) is 4.74 Å². The van der Waals surface area contributed by atoms with Crippen LogP contribution in [0, 0.1) is 5.92 Å². The Bertz CT molecular complexity index is 359. The van der Waals surface area contributed by atoms with Gasteiger partial charge in [-0.25, -0.2) is 0 Å². The number of likely N-dealkylation sites (tertiary alicyclic amines) is 1. The molecule has 7 heteroatoms. The minimum atomic E-state index is 0. The fraction of sp³-hybridized carbons (Fsp3) is 0.944. The molecule has 0 bridgehead atoms. The molecule has 0 amide bonds. The number of halogens is 1. The molecule has 0 aromatic rings. The van der Waals surface area contributed by atoms with Gasteiger partial charge in [-0.2, -0.15) is 11.8 Å². The summed E-state index contributed by atoms with van der Waals surface area (Å²) in [6, 6.07) is 0.560. The Labute approximate surface area is 175 Å². The number of unbranched alkanes of at least 4 members (excludes halogenated alkanes) is 1. The molecule has 1 atom stereocenters. The molecule has 0 saturated carbocycles. The Morgan fingerprint density at radius 2 is 2.04 bits per heavy atom. The third kappa shape index (κ3) is 9.68. The van der Waals surface area contributed by atoms with Gasteiger partial charge in [-0.1, -0.05) is 0 Å². The predicted octanol–water partition coefficient (Wildman–Crippen LogP) is 2.80. The topological polar surface area (TPSA) is 48.9 Å². The lowest BCUT2D eigenvalue weighted by Crippen LogP contribution is -2.49. The molecule has 25 heavy (non-hydrogen) atoms. The Morgan fingerprint density at radius 1 is 1.24 bits per heavy atom. The summed E-state index contributed by atoms with van der Waals surface area (Å²) < 4.78 is 5.50. The second-order valence-electron chi connectivity index (χ2n) is 6.91. The Morgan fingerprint density at radius 3 is 2.68 bits per heavy atom. The molecule has 2 fully saturated rings. The van der Waals surface area contributed by atoms with Gasteiger partial charge in [0.15, 0.2) is 5.96 Å². The summed E-state index contributed by atoms with van der Waals surface area (Å²) in [5.41, 5.74) is 0. The highest BCUT2D eigenvalue weighted by atomic mass is 127. The quantitative estimate of drug-likeness (QED) is 0.228. The zero-order valence-corrected chi connectivity index (χ0v) is 19.1. The Kier molecular flexibility index (Phi) is 13.4. The van der Waals surface area contributed by atoms with Crippen molar-refractivity contribution in [3.05, 3.63) is 0 Å². The molecule has 0 radical (unpaired) electrons. The van der Waals surface area contributed by atoms with Crippen LogP contribution in [-0.4, -0.2) is 74.8 Å². The van der Waals surface area contributed by atoms with Crippen molar-refractivity contribution in [1.29, 1.82) is 0 Å². The van der Waals surface area contributed by atoms with Gasteiger partial charge in [-0.3, -0.25) is 4.99 Å². The minimum absolute atomic E-state index is 0. The number of nitrogens with zero attached hydrogens (tertiary/aromatic N) is 2. The van der Waals surface area contributed by atoms with Crippen molar-refractivity contribution in [3.63, 3.8) is 0 Å². The van der Waals surface area contributed by atoms with E-state index in [1.165, 1.54) is 57.5 Å². The first-order valence-electron chi connectivity index (χ1n) is 9.65. The molecule has 148 valence electrons. The van der Waals surface area contributed by atoms with E-state index in [9.17, 15) is 0 Å². The monoisotopic (exact) mass is 484 g/mol. The van der Waals surface area contributed by atoms with E-state index in [0.717, 1.165) is 38.2 Å². The molecule has 0 aromatic heterocycles. The van der Waals surface area contributed by atoms with Gasteiger partial charge in [-0.15, -0.1) is 24.0 Å². The lowest BCUT2D eigenvalue weighted by atomic mass is 10.0. The van der Waals surface area contributed by atoms with Crippen LogP contribution in [0.4, 0.5) is 0 Å². The molecule has 2 rings (SSSR count). The van der Waals surface area contributed by atoms with E-state index in [2.05, 4.69) is 28.7 Å². The lowest BCUT2D eigenvalue weighted by Gasteiger charge is -2.34. The summed E-state index contributed by atoms with van der Waals surface area (Å²) in [4.78, 5) is 7.35. The average Bonchev–Trinajstić information content (AvgIpc) is 3.09. The number of hydrogen-bond donors (Lipinski definition) is 2.